The number of rotatable bonds is 5. The lowest BCUT2D eigenvalue weighted by molar-refractivity contribution is 0.188. The van der Waals surface area contributed by atoms with Gasteiger partial charge in [-0.2, -0.15) is 0 Å². The zero-order valence-electron chi connectivity index (χ0n) is 16.9. The molecular formula is C23H27BrN2O2S. The predicted molar refractivity (Wildman–Crippen MR) is 122 cm³/mol. The highest BCUT2D eigenvalue weighted by Gasteiger charge is 2.48. The molecule has 2 atom stereocenters. The molecule has 2 aliphatic rings. The molecule has 0 saturated heterocycles. The van der Waals surface area contributed by atoms with Gasteiger partial charge in [0, 0.05) is 28.7 Å². The third-order valence-corrected chi connectivity index (χ3v) is 8.31. The first-order chi connectivity index (χ1) is 13.9. The number of benzene rings is 2. The minimum atomic E-state index is -0.948. The highest BCUT2D eigenvalue weighted by Crippen LogP contribution is 2.52. The summed E-state index contributed by atoms with van der Waals surface area (Å²) in [7, 11) is 0. The van der Waals surface area contributed by atoms with E-state index < -0.39 is 11.2 Å². The molecule has 2 unspecified atom stereocenters. The molecule has 0 radical (unpaired) electrons. The second-order valence-electron chi connectivity index (χ2n) is 8.23. The molecule has 1 aliphatic carbocycles. The van der Waals surface area contributed by atoms with Gasteiger partial charge in [0.15, 0.2) is 4.90 Å². The van der Waals surface area contributed by atoms with Crippen LogP contribution in [0.1, 0.15) is 44.2 Å². The average molecular weight is 475 g/mol. The highest BCUT2D eigenvalue weighted by molar-refractivity contribution is 9.10. The fourth-order valence-electron chi connectivity index (χ4n) is 4.47. The van der Waals surface area contributed by atoms with Crippen molar-refractivity contribution in [2.45, 2.75) is 50.0 Å². The fraction of sp³-hybridized carbons (Fsp3) is 0.435. The van der Waals surface area contributed by atoms with Crippen molar-refractivity contribution in [1.29, 1.82) is 0 Å². The zero-order valence-corrected chi connectivity index (χ0v) is 19.3. The number of carbonyl (C=O) groups is 1. The van der Waals surface area contributed by atoms with Gasteiger partial charge in [-0.1, -0.05) is 41.4 Å². The number of hydrogen-bond acceptors (Lipinski definition) is 2. The maximum absolute atomic E-state index is 13.1. The molecule has 0 spiro atoms. The van der Waals surface area contributed by atoms with Crippen LogP contribution >= 0.6 is 15.9 Å². The van der Waals surface area contributed by atoms with E-state index in [0.717, 1.165) is 27.2 Å². The molecule has 0 aromatic heterocycles. The number of nitrogens with one attached hydrogen (secondary N) is 1. The number of hydrogen-bond donors (Lipinski definition) is 1. The van der Waals surface area contributed by atoms with Gasteiger partial charge in [-0.3, -0.25) is 4.90 Å². The Balaban J connectivity index is 1.48. The second-order valence-corrected chi connectivity index (χ2v) is 10.9. The smallest absolute Gasteiger partial charge is 0.322 e. The summed E-state index contributed by atoms with van der Waals surface area (Å²) in [6, 6.07) is 13.9. The number of fused-ring (bicyclic) bond motifs is 1. The summed E-state index contributed by atoms with van der Waals surface area (Å²) in [5.41, 5.74) is 3.32. The first-order valence-electron chi connectivity index (χ1n) is 10.2. The Morgan fingerprint density at radius 2 is 2.00 bits per heavy atom. The Morgan fingerprint density at radius 1 is 1.28 bits per heavy atom. The summed E-state index contributed by atoms with van der Waals surface area (Å²) in [4.78, 5) is 15.8. The van der Waals surface area contributed by atoms with Crippen LogP contribution < -0.4 is 10.2 Å². The van der Waals surface area contributed by atoms with E-state index in [1.165, 1.54) is 24.8 Å². The Labute approximate surface area is 184 Å². The number of urea groups is 1. The van der Waals surface area contributed by atoms with Crippen molar-refractivity contribution in [3.8, 4) is 0 Å². The minimum absolute atomic E-state index is 0.0145. The fourth-order valence-corrected chi connectivity index (χ4v) is 5.61. The summed E-state index contributed by atoms with van der Waals surface area (Å²) < 4.78 is 12.9. The van der Waals surface area contributed by atoms with E-state index >= 15 is 0 Å². The molecule has 2 amide bonds. The molecule has 2 aromatic rings. The molecule has 4 nitrogen and oxygen atoms in total. The topological polar surface area (TPSA) is 55.4 Å². The Bertz CT molecular complexity index is 900. The summed E-state index contributed by atoms with van der Waals surface area (Å²) in [6.07, 6.45) is 3.77. The standard InChI is InChI=1S/C23H27BrN2O2S/c1-3-29(28)19-10-7-16(8-11-19)14-25-22(27)26-15-23(2,17-5-4-6-17)20-13-18(24)9-12-21(20)26/h7-13,17H,3-6,14-15H2,1-2H3,(H,25,27). The van der Waals surface area contributed by atoms with Crippen LogP contribution in [0.3, 0.4) is 0 Å². The lowest BCUT2D eigenvalue weighted by Crippen LogP contribution is -2.45. The summed E-state index contributed by atoms with van der Waals surface area (Å²) in [6.45, 7) is 5.40. The molecule has 1 heterocycles. The number of halogens is 1. The number of nitrogens with zero attached hydrogens (tertiary/aromatic N) is 1. The third kappa shape index (κ3) is 3.94. The van der Waals surface area contributed by atoms with Gasteiger partial charge in [-0.05, 0) is 78.3 Å². The van der Waals surface area contributed by atoms with Crippen LogP contribution in [0.2, 0.25) is 0 Å². The molecule has 154 valence electrons. The van der Waals surface area contributed by atoms with Crippen LogP contribution in [0.4, 0.5) is 10.5 Å². The molecule has 1 aliphatic heterocycles. The van der Waals surface area contributed by atoms with E-state index in [2.05, 4.69) is 40.3 Å². The second kappa shape index (κ2) is 8.32. The van der Waals surface area contributed by atoms with E-state index in [9.17, 15) is 9.35 Å². The lowest BCUT2D eigenvalue weighted by Gasteiger charge is -2.41. The Morgan fingerprint density at radius 3 is 2.62 bits per heavy atom. The molecule has 2 aromatic carbocycles. The van der Waals surface area contributed by atoms with Gasteiger partial charge in [0.2, 0.25) is 0 Å². The Kier molecular flexibility index (Phi) is 5.96. The van der Waals surface area contributed by atoms with Crippen molar-refractivity contribution in [2.75, 3.05) is 17.2 Å². The van der Waals surface area contributed by atoms with E-state index in [1.807, 2.05) is 42.2 Å². The van der Waals surface area contributed by atoms with Crippen molar-refractivity contribution in [1.82, 2.24) is 5.32 Å². The monoisotopic (exact) mass is 474 g/mol. The maximum atomic E-state index is 13.1. The van der Waals surface area contributed by atoms with Gasteiger partial charge < -0.3 is 9.87 Å². The van der Waals surface area contributed by atoms with Gasteiger partial charge in [0.1, 0.15) is 5.75 Å². The average Bonchev–Trinajstić information content (AvgIpc) is 2.97. The number of anilines is 1. The van der Waals surface area contributed by atoms with Gasteiger partial charge in [0.25, 0.3) is 0 Å². The summed E-state index contributed by atoms with van der Waals surface area (Å²) in [5, 5.41) is 3.07. The predicted octanol–water partition coefficient (Wildman–Crippen LogP) is 5.36. The van der Waals surface area contributed by atoms with Crippen molar-refractivity contribution in [3.63, 3.8) is 0 Å². The number of carbonyl (C=O) groups excluding carboxylic acids is 1. The molecule has 1 N–H and O–H groups in total. The molecule has 0 bridgehead atoms. The minimum Gasteiger partial charge on any atom is -0.611 e. The zero-order chi connectivity index (χ0) is 20.6. The quantitative estimate of drug-likeness (QED) is 0.592. The highest BCUT2D eigenvalue weighted by atomic mass is 79.9. The molecule has 6 heteroatoms. The lowest BCUT2D eigenvalue weighted by atomic mass is 9.64. The molecule has 29 heavy (non-hydrogen) atoms. The number of amides is 2. The van der Waals surface area contributed by atoms with Gasteiger partial charge in [-0.15, -0.1) is 0 Å². The van der Waals surface area contributed by atoms with Crippen molar-refractivity contribution in [3.05, 3.63) is 58.1 Å². The van der Waals surface area contributed by atoms with E-state index in [-0.39, 0.29) is 11.4 Å². The molecular weight excluding hydrogens is 448 g/mol. The van der Waals surface area contributed by atoms with Gasteiger partial charge in [0.05, 0.1) is 0 Å². The van der Waals surface area contributed by atoms with Crippen LogP contribution in [0.25, 0.3) is 0 Å². The normalized spacial score (nSPS) is 22.1. The molecule has 1 fully saturated rings. The van der Waals surface area contributed by atoms with Crippen LogP contribution in [0.5, 0.6) is 0 Å². The van der Waals surface area contributed by atoms with Gasteiger partial charge >= 0.3 is 6.03 Å². The van der Waals surface area contributed by atoms with Crippen LogP contribution in [-0.2, 0) is 23.1 Å². The summed E-state index contributed by atoms with van der Waals surface area (Å²) in [5.74, 6) is 1.25. The van der Waals surface area contributed by atoms with Crippen molar-refractivity contribution in [2.24, 2.45) is 5.92 Å². The molecule has 4 rings (SSSR count). The maximum Gasteiger partial charge on any atom is 0.322 e. The molecule has 1 saturated carbocycles. The van der Waals surface area contributed by atoms with Crippen LogP contribution in [-0.4, -0.2) is 22.9 Å². The van der Waals surface area contributed by atoms with Crippen molar-refractivity contribution < 1.29 is 9.35 Å². The van der Waals surface area contributed by atoms with E-state index in [0.29, 0.717) is 18.2 Å². The summed E-state index contributed by atoms with van der Waals surface area (Å²) >= 11 is 2.66. The SMILES string of the molecule is CC[S+]([O-])c1ccc(CNC(=O)N2CC(C)(C3CCC3)c3cc(Br)ccc32)cc1. The van der Waals surface area contributed by atoms with E-state index in [4.69, 9.17) is 0 Å². The van der Waals surface area contributed by atoms with E-state index in [1.54, 1.807) is 0 Å². The van der Waals surface area contributed by atoms with Crippen LogP contribution in [0, 0.1) is 5.92 Å². The Hall–Kier alpha value is -1.50. The van der Waals surface area contributed by atoms with Crippen LogP contribution in [0.15, 0.2) is 51.8 Å². The third-order valence-electron chi connectivity index (χ3n) is 6.49. The first kappa shape index (κ1) is 20.8. The largest absolute Gasteiger partial charge is 0.611 e. The van der Waals surface area contributed by atoms with Crippen molar-refractivity contribution >= 4 is 38.8 Å². The van der Waals surface area contributed by atoms with Gasteiger partial charge in [-0.25, -0.2) is 4.79 Å². The first-order valence-corrected chi connectivity index (χ1v) is 12.4.